The van der Waals surface area contributed by atoms with Crippen molar-refractivity contribution in [2.75, 3.05) is 43.4 Å². The first-order valence-electron chi connectivity index (χ1n) is 17.5. The molecule has 0 atom stereocenters. The summed E-state index contributed by atoms with van der Waals surface area (Å²) in [4.78, 5) is 34.3. The summed E-state index contributed by atoms with van der Waals surface area (Å²) in [6.07, 6.45) is -3.28. The minimum absolute atomic E-state index is 0.122. The van der Waals surface area contributed by atoms with Crippen molar-refractivity contribution < 1.29 is 32.6 Å². The predicted molar refractivity (Wildman–Crippen MR) is 206 cm³/mol. The van der Waals surface area contributed by atoms with Gasteiger partial charge in [-0.05, 0) is 71.0 Å². The van der Waals surface area contributed by atoms with Crippen molar-refractivity contribution in [3.05, 3.63) is 88.4 Å². The predicted octanol–water partition coefficient (Wildman–Crippen LogP) is 7.92. The molecule has 11 nitrogen and oxygen atoms in total. The standard InChI is InChI=1S/C39H46F3N7O4S/c1-37(2,3)27-19-26(34(51)32(20-27)38(4,5)6)21-43-47-33(50)23-49-17-15-48(16-18-49)22-30-24-54-35(44-30)25-7-9-28(10-8-25)45-36(52)46-29-11-13-31(14-12-29)53-39(40,41)42/h7-14,19-21,24,51H,15-18,22-23H2,1-6H3,(H,47,50)(H2,45,46,52)/b43-21+. The number of amides is 3. The van der Waals surface area contributed by atoms with E-state index in [0.717, 1.165) is 65.7 Å². The number of rotatable bonds is 10. The molecule has 0 spiro atoms. The third-order valence-electron chi connectivity index (χ3n) is 8.71. The van der Waals surface area contributed by atoms with Crippen LogP contribution in [0.1, 0.15) is 63.9 Å². The molecule has 54 heavy (non-hydrogen) atoms. The maximum absolute atomic E-state index is 12.7. The van der Waals surface area contributed by atoms with E-state index in [1.54, 1.807) is 12.1 Å². The Kier molecular flexibility index (Phi) is 12.3. The molecule has 4 aromatic rings. The first-order valence-corrected chi connectivity index (χ1v) is 18.3. The third-order valence-corrected chi connectivity index (χ3v) is 9.65. The van der Waals surface area contributed by atoms with Gasteiger partial charge in [-0.2, -0.15) is 5.10 Å². The van der Waals surface area contributed by atoms with E-state index in [0.29, 0.717) is 23.5 Å². The summed E-state index contributed by atoms with van der Waals surface area (Å²) >= 11 is 1.53. The Bertz CT molecular complexity index is 1940. The normalized spacial score (nSPS) is 14.6. The molecule has 1 aromatic heterocycles. The first kappa shape index (κ1) is 40.2. The summed E-state index contributed by atoms with van der Waals surface area (Å²) in [5.74, 6) is -0.434. The molecule has 0 aliphatic carbocycles. The minimum atomic E-state index is -4.79. The van der Waals surface area contributed by atoms with E-state index >= 15 is 0 Å². The van der Waals surface area contributed by atoms with Crippen LogP contribution in [0.15, 0.2) is 71.1 Å². The maximum Gasteiger partial charge on any atom is 0.573 e. The minimum Gasteiger partial charge on any atom is -0.507 e. The third kappa shape index (κ3) is 11.5. The number of hydrogen-bond acceptors (Lipinski definition) is 9. The van der Waals surface area contributed by atoms with Crippen LogP contribution in [0.5, 0.6) is 11.5 Å². The summed E-state index contributed by atoms with van der Waals surface area (Å²) in [7, 11) is 0. The highest BCUT2D eigenvalue weighted by Crippen LogP contribution is 2.37. The second kappa shape index (κ2) is 16.6. The quantitative estimate of drug-likeness (QED) is 0.0954. The highest BCUT2D eigenvalue weighted by Gasteiger charge is 2.31. The number of hydrogen-bond donors (Lipinski definition) is 4. The van der Waals surface area contributed by atoms with Crippen molar-refractivity contribution in [2.24, 2.45) is 5.10 Å². The highest BCUT2D eigenvalue weighted by atomic mass is 32.1. The van der Waals surface area contributed by atoms with Crippen LogP contribution in [-0.2, 0) is 22.2 Å². The molecule has 288 valence electrons. The molecular formula is C39H46F3N7O4S. The van der Waals surface area contributed by atoms with Crippen LogP contribution in [0, 0.1) is 0 Å². The van der Waals surface area contributed by atoms with Gasteiger partial charge >= 0.3 is 12.4 Å². The number of urea groups is 1. The number of nitrogens with one attached hydrogen (secondary N) is 3. The molecule has 4 N–H and O–H groups in total. The monoisotopic (exact) mass is 765 g/mol. The lowest BCUT2D eigenvalue weighted by Crippen LogP contribution is -2.48. The van der Waals surface area contributed by atoms with Gasteiger partial charge in [0.25, 0.3) is 5.91 Å². The number of benzene rings is 3. The van der Waals surface area contributed by atoms with Gasteiger partial charge in [0.1, 0.15) is 16.5 Å². The number of halogens is 3. The van der Waals surface area contributed by atoms with Crippen LogP contribution >= 0.6 is 11.3 Å². The van der Waals surface area contributed by atoms with E-state index in [-0.39, 0.29) is 34.8 Å². The zero-order chi connectivity index (χ0) is 39.3. The Labute approximate surface area is 317 Å². The average molecular weight is 766 g/mol. The van der Waals surface area contributed by atoms with Crippen molar-refractivity contribution >= 4 is 40.9 Å². The van der Waals surface area contributed by atoms with Crippen LogP contribution in [0.3, 0.4) is 0 Å². The van der Waals surface area contributed by atoms with Crippen LogP contribution in [0.4, 0.5) is 29.3 Å². The van der Waals surface area contributed by atoms with Gasteiger partial charge < -0.3 is 20.5 Å². The molecule has 15 heteroatoms. The van der Waals surface area contributed by atoms with E-state index < -0.39 is 12.4 Å². The number of aromatic hydroxyl groups is 1. The maximum atomic E-state index is 12.7. The fraction of sp³-hybridized carbons (Fsp3) is 0.385. The first-order chi connectivity index (χ1) is 25.3. The second-order valence-corrected chi connectivity index (χ2v) is 16.0. The molecule has 0 bridgehead atoms. The molecule has 1 saturated heterocycles. The van der Waals surface area contributed by atoms with Gasteiger partial charge in [-0.1, -0.05) is 47.6 Å². The van der Waals surface area contributed by atoms with Gasteiger partial charge in [-0.25, -0.2) is 15.2 Å². The van der Waals surface area contributed by atoms with Gasteiger partial charge in [-0.3, -0.25) is 14.6 Å². The largest absolute Gasteiger partial charge is 0.573 e. The number of phenolic OH excluding ortho intramolecular Hbond substituents is 1. The summed E-state index contributed by atoms with van der Waals surface area (Å²) in [5, 5.41) is 23.3. The zero-order valence-electron chi connectivity index (χ0n) is 31.2. The Morgan fingerprint density at radius 1 is 0.889 bits per heavy atom. The Morgan fingerprint density at radius 3 is 2.06 bits per heavy atom. The van der Waals surface area contributed by atoms with Crippen molar-refractivity contribution in [1.29, 1.82) is 0 Å². The Morgan fingerprint density at radius 2 is 1.48 bits per heavy atom. The highest BCUT2D eigenvalue weighted by molar-refractivity contribution is 7.13. The molecule has 5 rings (SSSR count). The summed E-state index contributed by atoms with van der Waals surface area (Å²) < 4.78 is 40.9. The fourth-order valence-corrected chi connectivity index (χ4v) is 6.57. The lowest BCUT2D eigenvalue weighted by molar-refractivity contribution is -0.274. The number of carbonyl (C=O) groups excluding carboxylic acids is 2. The molecule has 2 heterocycles. The van der Waals surface area contributed by atoms with Crippen molar-refractivity contribution in [1.82, 2.24) is 20.2 Å². The number of alkyl halides is 3. The van der Waals surface area contributed by atoms with Gasteiger partial charge in [0, 0.05) is 66.2 Å². The van der Waals surface area contributed by atoms with Gasteiger partial charge in [0.2, 0.25) is 0 Å². The van der Waals surface area contributed by atoms with E-state index in [1.165, 1.54) is 29.7 Å². The summed E-state index contributed by atoms with van der Waals surface area (Å²) in [6, 6.07) is 15.5. The Balaban J connectivity index is 1.05. The van der Waals surface area contributed by atoms with Gasteiger partial charge in [0.05, 0.1) is 18.5 Å². The lowest BCUT2D eigenvalue weighted by Gasteiger charge is -2.33. The molecule has 0 saturated carbocycles. The summed E-state index contributed by atoms with van der Waals surface area (Å²) in [6.45, 7) is 16.4. The fourth-order valence-electron chi connectivity index (χ4n) is 5.75. The molecule has 1 fully saturated rings. The molecule has 3 aromatic carbocycles. The van der Waals surface area contributed by atoms with E-state index in [4.69, 9.17) is 4.98 Å². The van der Waals surface area contributed by atoms with Crippen molar-refractivity contribution in [3.63, 3.8) is 0 Å². The number of ether oxygens (including phenoxy) is 1. The number of hydrazone groups is 1. The number of carbonyl (C=O) groups is 2. The second-order valence-electron chi connectivity index (χ2n) is 15.2. The van der Waals surface area contributed by atoms with Crippen LogP contribution in [0.2, 0.25) is 0 Å². The van der Waals surface area contributed by atoms with Crippen LogP contribution < -0.4 is 20.8 Å². The molecular weight excluding hydrogens is 720 g/mol. The van der Waals surface area contributed by atoms with E-state index in [1.807, 2.05) is 29.6 Å². The van der Waals surface area contributed by atoms with Crippen molar-refractivity contribution in [3.8, 4) is 22.1 Å². The Hall–Kier alpha value is -4.99. The van der Waals surface area contributed by atoms with Gasteiger partial charge in [-0.15, -0.1) is 24.5 Å². The molecule has 1 aliphatic rings. The SMILES string of the molecule is CC(C)(C)c1cc(/C=N/NC(=O)CN2CCN(Cc3csc(-c4ccc(NC(=O)Nc5ccc(OC(F)(F)F)cc5)cc4)n3)CC2)c(O)c(C(C)(C)C)c1. The number of aromatic nitrogens is 1. The topological polar surface area (TPSA) is 131 Å². The molecule has 0 unspecified atom stereocenters. The smallest absolute Gasteiger partial charge is 0.507 e. The molecule has 3 amide bonds. The van der Waals surface area contributed by atoms with E-state index in [2.05, 4.69) is 77.2 Å². The number of phenols is 1. The number of nitrogens with zero attached hydrogens (tertiary/aromatic N) is 4. The summed E-state index contributed by atoms with van der Waals surface area (Å²) in [5.41, 5.74) is 7.38. The van der Waals surface area contributed by atoms with Crippen LogP contribution in [0.25, 0.3) is 10.6 Å². The van der Waals surface area contributed by atoms with Gasteiger partial charge in [0.15, 0.2) is 0 Å². The number of anilines is 2. The molecule has 1 aliphatic heterocycles. The average Bonchev–Trinajstić information content (AvgIpc) is 3.54. The number of piperazine rings is 1. The van der Waals surface area contributed by atoms with E-state index in [9.17, 15) is 27.9 Å². The van der Waals surface area contributed by atoms with Crippen molar-refractivity contribution in [2.45, 2.75) is 65.3 Å². The lowest BCUT2D eigenvalue weighted by atomic mass is 9.79. The van der Waals surface area contributed by atoms with Crippen LogP contribution in [-0.4, -0.2) is 77.1 Å². The molecule has 0 radical (unpaired) electrons. The zero-order valence-corrected chi connectivity index (χ0v) is 32.0. The number of thiazole rings is 1.